The second-order valence-electron chi connectivity index (χ2n) is 12.0. The van der Waals surface area contributed by atoms with Crippen molar-refractivity contribution in [1.82, 2.24) is 19.9 Å². The summed E-state index contributed by atoms with van der Waals surface area (Å²) in [6.45, 7) is 7.85. The van der Waals surface area contributed by atoms with E-state index in [9.17, 15) is 0 Å². The fraction of sp³-hybridized carbons (Fsp3) is 0.469. The third kappa shape index (κ3) is 4.57. The maximum Gasteiger partial charge on any atom is 0.319 e. The molecule has 8 heteroatoms. The van der Waals surface area contributed by atoms with Gasteiger partial charge in [0.25, 0.3) is 0 Å². The normalized spacial score (nSPS) is 23.1. The smallest absolute Gasteiger partial charge is 0.319 e. The molecule has 0 N–H and O–H groups in total. The molecule has 2 aromatic carbocycles. The minimum absolute atomic E-state index is 0.238. The van der Waals surface area contributed by atoms with Gasteiger partial charge < -0.3 is 9.64 Å². The first kappa shape index (κ1) is 25.9. The molecular weight excluding hydrogens is 525 g/mol. The highest BCUT2D eigenvalue weighted by Gasteiger charge is 2.35. The van der Waals surface area contributed by atoms with Crippen LogP contribution in [-0.2, 0) is 0 Å². The number of hydrogen-bond donors (Lipinski definition) is 0. The molecule has 4 aromatic rings. The predicted molar refractivity (Wildman–Crippen MR) is 159 cm³/mol. The Morgan fingerprint density at radius 3 is 2.60 bits per heavy atom. The Balaban J connectivity index is 1.33. The van der Waals surface area contributed by atoms with Crippen molar-refractivity contribution in [3.05, 3.63) is 53.4 Å². The van der Waals surface area contributed by atoms with Crippen LogP contribution in [0.2, 0.25) is 5.02 Å². The standard InChI is InChI=1S/C32H35ClFN5O/c1-19(2)39-13-5-8-23(39)18-40-32-36-30-25(31(37-32)38-16-20-11-12-21(14-20)17-38)15-35-29(28(30)34)24-9-3-6-22-7-4-10-26(33)27(22)24/h3-4,6-7,9-10,15,19-21,23H,5,8,11-14,16-18H2,1-2H3/t20?,21?,23-/m0/s1. The number of benzene rings is 2. The van der Waals surface area contributed by atoms with Crippen LogP contribution < -0.4 is 9.64 Å². The van der Waals surface area contributed by atoms with E-state index in [1.165, 1.54) is 19.3 Å². The number of aromatic nitrogens is 3. The van der Waals surface area contributed by atoms with Crippen molar-refractivity contribution in [2.75, 3.05) is 31.1 Å². The van der Waals surface area contributed by atoms with Crippen LogP contribution in [0.25, 0.3) is 32.9 Å². The van der Waals surface area contributed by atoms with Gasteiger partial charge in [0, 0.05) is 47.3 Å². The monoisotopic (exact) mass is 559 g/mol. The van der Waals surface area contributed by atoms with E-state index in [1.807, 2.05) is 36.4 Å². The van der Waals surface area contributed by atoms with E-state index in [-0.39, 0.29) is 17.2 Å². The molecule has 2 aliphatic heterocycles. The lowest BCUT2D eigenvalue weighted by molar-refractivity contribution is 0.138. The number of ether oxygens (including phenoxy) is 1. The van der Waals surface area contributed by atoms with E-state index in [2.05, 4.69) is 33.6 Å². The molecule has 3 atom stereocenters. The summed E-state index contributed by atoms with van der Waals surface area (Å²) in [6.07, 6.45) is 7.74. The Bertz CT molecular complexity index is 1560. The van der Waals surface area contributed by atoms with Gasteiger partial charge in [-0.3, -0.25) is 9.88 Å². The van der Waals surface area contributed by atoms with Gasteiger partial charge in [-0.1, -0.05) is 41.9 Å². The number of piperidine rings is 1. The molecule has 208 valence electrons. The first-order valence-electron chi connectivity index (χ1n) is 14.6. The molecule has 1 saturated carbocycles. The third-order valence-corrected chi connectivity index (χ3v) is 9.46. The zero-order valence-corrected chi connectivity index (χ0v) is 23.9. The highest BCUT2D eigenvalue weighted by molar-refractivity contribution is 6.36. The van der Waals surface area contributed by atoms with Gasteiger partial charge in [-0.2, -0.15) is 9.97 Å². The summed E-state index contributed by atoms with van der Waals surface area (Å²) in [5.74, 6) is 1.57. The lowest BCUT2D eigenvalue weighted by Gasteiger charge is -2.33. The van der Waals surface area contributed by atoms with E-state index in [0.717, 1.165) is 49.1 Å². The molecule has 0 amide bonds. The van der Waals surface area contributed by atoms with Crippen LogP contribution in [0.5, 0.6) is 6.01 Å². The molecule has 7 rings (SSSR count). The lowest BCUT2D eigenvalue weighted by Crippen LogP contribution is -2.39. The van der Waals surface area contributed by atoms with Crippen LogP contribution in [-0.4, -0.2) is 58.2 Å². The zero-order chi connectivity index (χ0) is 27.4. The Hall–Kier alpha value is -3.03. The molecule has 2 unspecified atom stereocenters. The van der Waals surface area contributed by atoms with E-state index < -0.39 is 5.82 Å². The van der Waals surface area contributed by atoms with Crippen LogP contribution in [0.4, 0.5) is 10.2 Å². The topological polar surface area (TPSA) is 54.4 Å². The number of halogens is 2. The summed E-state index contributed by atoms with van der Waals surface area (Å²) in [6, 6.07) is 12.5. The molecule has 40 heavy (non-hydrogen) atoms. The van der Waals surface area contributed by atoms with E-state index in [0.29, 0.717) is 46.5 Å². The minimum Gasteiger partial charge on any atom is -0.462 e. The fourth-order valence-electron chi connectivity index (χ4n) is 7.28. The van der Waals surface area contributed by atoms with Crippen LogP contribution in [0.3, 0.4) is 0 Å². The summed E-state index contributed by atoms with van der Waals surface area (Å²) in [7, 11) is 0. The molecule has 2 aromatic heterocycles. The van der Waals surface area contributed by atoms with Crippen LogP contribution in [0.1, 0.15) is 46.0 Å². The van der Waals surface area contributed by atoms with Crippen molar-refractivity contribution in [3.8, 4) is 17.3 Å². The summed E-state index contributed by atoms with van der Waals surface area (Å²) in [5.41, 5.74) is 1.14. The van der Waals surface area contributed by atoms with E-state index >= 15 is 4.39 Å². The summed E-state index contributed by atoms with van der Waals surface area (Å²) >= 11 is 6.60. The second-order valence-corrected chi connectivity index (χ2v) is 12.5. The molecule has 1 aliphatic carbocycles. The SMILES string of the molecule is CC(C)N1CCC[C@H]1COc1nc(N2CC3CCC(C3)C2)c2cnc(-c3cccc4cccc(Cl)c34)c(F)c2n1. The number of nitrogens with zero attached hydrogens (tertiary/aromatic N) is 5. The Morgan fingerprint density at radius 2 is 1.82 bits per heavy atom. The van der Waals surface area contributed by atoms with Crippen molar-refractivity contribution in [2.45, 2.75) is 58.0 Å². The first-order chi connectivity index (χ1) is 19.5. The van der Waals surface area contributed by atoms with Crippen molar-refractivity contribution < 1.29 is 9.13 Å². The maximum absolute atomic E-state index is 16.5. The van der Waals surface area contributed by atoms with Crippen molar-refractivity contribution in [2.24, 2.45) is 11.8 Å². The highest BCUT2D eigenvalue weighted by Crippen LogP contribution is 2.41. The van der Waals surface area contributed by atoms with Gasteiger partial charge in [-0.25, -0.2) is 4.39 Å². The van der Waals surface area contributed by atoms with Gasteiger partial charge in [-0.05, 0) is 75.8 Å². The van der Waals surface area contributed by atoms with Crippen LogP contribution in [0, 0.1) is 17.7 Å². The molecule has 2 saturated heterocycles. The highest BCUT2D eigenvalue weighted by atomic mass is 35.5. The predicted octanol–water partition coefficient (Wildman–Crippen LogP) is 7.13. The number of rotatable bonds is 6. The van der Waals surface area contributed by atoms with Crippen LogP contribution in [0.15, 0.2) is 42.6 Å². The molecule has 4 heterocycles. The van der Waals surface area contributed by atoms with Gasteiger partial charge in [-0.15, -0.1) is 0 Å². The minimum atomic E-state index is -0.469. The molecule has 0 spiro atoms. The van der Waals surface area contributed by atoms with Crippen molar-refractivity contribution in [1.29, 1.82) is 0 Å². The average Bonchev–Trinajstić information content (AvgIpc) is 3.57. The number of likely N-dealkylation sites (tertiary alicyclic amines) is 1. The number of anilines is 1. The quantitative estimate of drug-likeness (QED) is 0.250. The van der Waals surface area contributed by atoms with Crippen molar-refractivity contribution >= 4 is 39.1 Å². The molecule has 3 fully saturated rings. The number of pyridine rings is 1. The molecule has 6 nitrogen and oxygen atoms in total. The van der Waals surface area contributed by atoms with Gasteiger partial charge in [0.05, 0.1) is 5.39 Å². The van der Waals surface area contributed by atoms with E-state index in [4.69, 9.17) is 21.3 Å². The maximum atomic E-state index is 16.5. The lowest BCUT2D eigenvalue weighted by atomic mass is 9.98. The number of hydrogen-bond acceptors (Lipinski definition) is 6. The molecular formula is C32H35ClFN5O. The second kappa shape index (κ2) is 10.4. The Kier molecular flexibility index (Phi) is 6.75. The molecule has 3 aliphatic rings. The first-order valence-corrected chi connectivity index (χ1v) is 15.0. The van der Waals surface area contributed by atoms with Crippen LogP contribution >= 0.6 is 11.6 Å². The van der Waals surface area contributed by atoms with Gasteiger partial charge in [0.1, 0.15) is 23.6 Å². The van der Waals surface area contributed by atoms with Gasteiger partial charge >= 0.3 is 6.01 Å². The third-order valence-electron chi connectivity index (χ3n) is 9.15. The molecule has 2 bridgehead atoms. The summed E-state index contributed by atoms with van der Waals surface area (Å²) in [4.78, 5) is 19.0. The van der Waals surface area contributed by atoms with Gasteiger partial charge in [0.15, 0.2) is 5.82 Å². The Morgan fingerprint density at radius 1 is 1.05 bits per heavy atom. The zero-order valence-electron chi connectivity index (χ0n) is 23.1. The molecule has 0 radical (unpaired) electrons. The summed E-state index contributed by atoms with van der Waals surface area (Å²) in [5, 5.41) is 2.92. The van der Waals surface area contributed by atoms with Crippen molar-refractivity contribution in [3.63, 3.8) is 0 Å². The fourth-order valence-corrected chi connectivity index (χ4v) is 7.56. The van der Waals surface area contributed by atoms with Gasteiger partial charge in [0.2, 0.25) is 0 Å². The summed E-state index contributed by atoms with van der Waals surface area (Å²) < 4.78 is 22.8. The largest absolute Gasteiger partial charge is 0.462 e. The average molecular weight is 560 g/mol. The Labute approximate surface area is 239 Å². The number of fused-ring (bicyclic) bond motifs is 4. The van der Waals surface area contributed by atoms with E-state index in [1.54, 1.807) is 6.20 Å².